The number of alkyl halides is 3. The molecule has 0 saturated heterocycles. The zero-order valence-corrected chi connectivity index (χ0v) is 15.0. The number of hydrogen-bond acceptors (Lipinski definition) is 6. The number of nitrogens with zero attached hydrogens (tertiary/aromatic N) is 5. The van der Waals surface area contributed by atoms with E-state index in [1.54, 1.807) is 16.6 Å². The Bertz CT molecular complexity index is 1110. The number of fused-ring (bicyclic) bond motifs is 1. The summed E-state index contributed by atoms with van der Waals surface area (Å²) in [5, 5.41) is 15.7. The summed E-state index contributed by atoms with van der Waals surface area (Å²) in [6.45, 7) is 0.211. The van der Waals surface area contributed by atoms with Gasteiger partial charge >= 0.3 is 6.18 Å². The van der Waals surface area contributed by atoms with Gasteiger partial charge < -0.3 is 10.1 Å². The van der Waals surface area contributed by atoms with E-state index in [0.29, 0.717) is 17.3 Å². The number of halogens is 3. The van der Waals surface area contributed by atoms with E-state index in [1.807, 2.05) is 30.3 Å². The van der Waals surface area contributed by atoms with Crippen LogP contribution in [0.2, 0.25) is 0 Å². The van der Waals surface area contributed by atoms with Gasteiger partial charge in [0.25, 0.3) is 0 Å². The third-order valence-corrected chi connectivity index (χ3v) is 4.02. The summed E-state index contributed by atoms with van der Waals surface area (Å²) in [4.78, 5) is 3.66. The van der Waals surface area contributed by atoms with Crippen LogP contribution in [0, 0.1) is 0 Å². The van der Waals surface area contributed by atoms with Gasteiger partial charge in [-0.2, -0.15) is 17.7 Å². The second-order valence-electron chi connectivity index (χ2n) is 6.01. The molecule has 29 heavy (non-hydrogen) atoms. The van der Waals surface area contributed by atoms with Gasteiger partial charge in [-0.15, -0.1) is 15.3 Å². The van der Waals surface area contributed by atoms with Gasteiger partial charge in [0.1, 0.15) is 18.0 Å². The van der Waals surface area contributed by atoms with Crippen molar-refractivity contribution >= 4 is 11.5 Å². The Morgan fingerprint density at radius 3 is 2.59 bits per heavy atom. The summed E-state index contributed by atoms with van der Waals surface area (Å²) < 4.78 is 45.7. The van der Waals surface area contributed by atoms with Crippen LogP contribution in [0.15, 0.2) is 60.8 Å². The van der Waals surface area contributed by atoms with Gasteiger partial charge in [0.15, 0.2) is 11.5 Å². The third-order valence-electron chi connectivity index (χ3n) is 4.02. The predicted octanol–water partition coefficient (Wildman–Crippen LogP) is 3.70. The smallest absolute Gasteiger partial charge is 0.421 e. The number of aromatic nitrogens is 5. The van der Waals surface area contributed by atoms with Gasteiger partial charge in [-0.1, -0.05) is 30.3 Å². The average molecular weight is 400 g/mol. The summed E-state index contributed by atoms with van der Waals surface area (Å²) in [7, 11) is 0. The van der Waals surface area contributed by atoms with Crippen molar-refractivity contribution in [2.45, 2.75) is 6.18 Å². The van der Waals surface area contributed by atoms with Crippen molar-refractivity contribution < 1.29 is 17.9 Å². The number of anilines is 1. The first-order valence-corrected chi connectivity index (χ1v) is 8.69. The maximum atomic E-state index is 13.0. The maximum Gasteiger partial charge on any atom is 0.421 e. The summed E-state index contributed by atoms with van der Waals surface area (Å²) in [6, 6.07) is 15.1. The minimum atomic E-state index is -4.52. The van der Waals surface area contributed by atoms with Gasteiger partial charge in [-0.25, -0.2) is 4.98 Å². The van der Waals surface area contributed by atoms with Crippen molar-refractivity contribution in [1.82, 2.24) is 24.8 Å². The number of nitrogens with one attached hydrogen (secondary N) is 1. The van der Waals surface area contributed by atoms with E-state index in [0.717, 1.165) is 11.6 Å². The first kappa shape index (κ1) is 18.7. The first-order chi connectivity index (χ1) is 14.0. The fraction of sp³-hybridized carbons (Fsp3) is 0.158. The molecule has 10 heteroatoms. The van der Waals surface area contributed by atoms with Crippen LogP contribution in [-0.4, -0.2) is 37.9 Å². The highest BCUT2D eigenvalue weighted by atomic mass is 19.4. The molecule has 0 amide bonds. The highest BCUT2D eigenvalue weighted by Gasteiger charge is 2.34. The summed E-state index contributed by atoms with van der Waals surface area (Å²) in [5.74, 6) is 0.648. The van der Waals surface area contributed by atoms with E-state index >= 15 is 0 Å². The topological polar surface area (TPSA) is 77.2 Å². The Hall–Kier alpha value is -3.69. The molecule has 0 spiro atoms. The Kier molecular flexibility index (Phi) is 4.98. The van der Waals surface area contributed by atoms with Crippen molar-refractivity contribution in [2.75, 3.05) is 18.5 Å². The first-order valence-electron chi connectivity index (χ1n) is 8.69. The van der Waals surface area contributed by atoms with Crippen LogP contribution in [0.5, 0.6) is 5.88 Å². The highest BCUT2D eigenvalue weighted by Crippen LogP contribution is 2.34. The van der Waals surface area contributed by atoms with Crippen molar-refractivity contribution in [3.8, 4) is 17.3 Å². The molecule has 0 bridgehead atoms. The number of ether oxygens (including phenoxy) is 1. The van der Waals surface area contributed by atoms with Crippen molar-refractivity contribution in [3.63, 3.8) is 0 Å². The summed E-state index contributed by atoms with van der Waals surface area (Å²) in [6.07, 6.45) is -3.27. The Morgan fingerprint density at radius 1 is 0.966 bits per heavy atom. The monoisotopic (exact) mass is 400 g/mol. The predicted molar refractivity (Wildman–Crippen MR) is 99.4 cm³/mol. The van der Waals surface area contributed by atoms with Crippen molar-refractivity contribution in [2.24, 2.45) is 0 Å². The molecule has 4 rings (SSSR count). The van der Waals surface area contributed by atoms with Gasteiger partial charge in [-0.05, 0) is 24.3 Å². The lowest BCUT2D eigenvalue weighted by atomic mass is 10.2. The van der Waals surface area contributed by atoms with Crippen LogP contribution in [0.25, 0.3) is 17.0 Å². The van der Waals surface area contributed by atoms with Gasteiger partial charge in [-0.3, -0.25) is 0 Å². The second-order valence-corrected chi connectivity index (χ2v) is 6.01. The van der Waals surface area contributed by atoms with Crippen LogP contribution >= 0.6 is 0 Å². The van der Waals surface area contributed by atoms with Crippen LogP contribution in [0.3, 0.4) is 0 Å². The van der Waals surface area contributed by atoms with Gasteiger partial charge in [0.2, 0.25) is 5.88 Å². The van der Waals surface area contributed by atoms with Crippen molar-refractivity contribution in [1.29, 1.82) is 0 Å². The highest BCUT2D eigenvalue weighted by molar-refractivity contribution is 5.59. The van der Waals surface area contributed by atoms with E-state index in [2.05, 4.69) is 25.6 Å². The number of rotatable bonds is 6. The number of pyridine rings is 1. The molecule has 0 atom stereocenters. The summed E-state index contributed by atoms with van der Waals surface area (Å²) >= 11 is 0. The fourth-order valence-corrected chi connectivity index (χ4v) is 2.70. The molecule has 3 heterocycles. The molecular weight excluding hydrogens is 385 g/mol. The largest absolute Gasteiger partial charge is 0.475 e. The molecule has 0 fully saturated rings. The average Bonchev–Trinajstić information content (AvgIpc) is 3.15. The maximum absolute atomic E-state index is 13.0. The van der Waals surface area contributed by atoms with E-state index in [1.165, 1.54) is 12.3 Å². The molecule has 0 aliphatic carbocycles. The Labute approximate surface area is 163 Å². The quantitative estimate of drug-likeness (QED) is 0.498. The van der Waals surface area contributed by atoms with Crippen LogP contribution in [0.1, 0.15) is 5.56 Å². The molecule has 0 radical (unpaired) electrons. The van der Waals surface area contributed by atoms with E-state index in [9.17, 15) is 13.2 Å². The zero-order valence-electron chi connectivity index (χ0n) is 15.0. The van der Waals surface area contributed by atoms with Gasteiger partial charge in [0.05, 0.1) is 6.54 Å². The lowest BCUT2D eigenvalue weighted by Crippen LogP contribution is -2.16. The third kappa shape index (κ3) is 4.10. The molecular formula is C19H15F3N6O. The van der Waals surface area contributed by atoms with Crippen molar-refractivity contribution in [3.05, 3.63) is 66.4 Å². The lowest BCUT2D eigenvalue weighted by molar-refractivity contribution is -0.139. The molecule has 1 aromatic carbocycles. The second kappa shape index (κ2) is 7.74. The van der Waals surface area contributed by atoms with Crippen LogP contribution < -0.4 is 10.1 Å². The number of benzene rings is 1. The Morgan fingerprint density at radius 2 is 1.79 bits per heavy atom. The molecule has 3 aromatic heterocycles. The van der Waals surface area contributed by atoms with Gasteiger partial charge in [0, 0.05) is 11.8 Å². The van der Waals surface area contributed by atoms with Crippen LogP contribution in [-0.2, 0) is 6.18 Å². The molecule has 0 aliphatic rings. The Balaban J connectivity index is 1.44. The molecule has 0 unspecified atom stereocenters. The molecule has 0 saturated carbocycles. The minimum Gasteiger partial charge on any atom is -0.475 e. The standard InChI is InChI=1S/C19H15F3N6O/c20-19(21,22)14-7-4-10-24-18(14)29-12-11-23-15-8-9-16-25-26-17(28(16)27-15)13-5-2-1-3-6-13/h1-10H,11-12H2,(H,23,27). The zero-order chi connectivity index (χ0) is 20.3. The lowest BCUT2D eigenvalue weighted by Gasteiger charge is -2.12. The van der Waals surface area contributed by atoms with Crippen LogP contribution in [0.4, 0.5) is 19.0 Å². The normalized spacial score (nSPS) is 11.6. The fourth-order valence-electron chi connectivity index (χ4n) is 2.70. The SMILES string of the molecule is FC(F)(F)c1cccnc1OCCNc1ccc2nnc(-c3ccccc3)n2n1. The molecule has 148 valence electrons. The molecule has 7 nitrogen and oxygen atoms in total. The molecule has 0 aliphatic heterocycles. The van der Waals surface area contributed by atoms with E-state index in [4.69, 9.17) is 4.74 Å². The molecule has 4 aromatic rings. The number of hydrogen-bond donors (Lipinski definition) is 1. The van der Waals surface area contributed by atoms with E-state index < -0.39 is 17.6 Å². The molecule has 1 N–H and O–H groups in total. The minimum absolute atomic E-state index is 0.0203. The summed E-state index contributed by atoms with van der Waals surface area (Å²) in [5.41, 5.74) is 0.535. The van der Waals surface area contributed by atoms with E-state index in [-0.39, 0.29) is 13.2 Å².